The van der Waals surface area contributed by atoms with Crippen molar-refractivity contribution in [3.8, 4) is 28.5 Å². The molecule has 0 spiro atoms. The third kappa shape index (κ3) is 4.71. The number of carbonyl (C=O) groups excluding carboxylic acids is 1. The van der Waals surface area contributed by atoms with Crippen molar-refractivity contribution < 1.29 is 19.0 Å². The van der Waals surface area contributed by atoms with E-state index in [9.17, 15) is 4.79 Å². The van der Waals surface area contributed by atoms with Gasteiger partial charge in [0.2, 0.25) is 5.75 Å². The van der Waals surface area contributed by atoms with Crippen molar-refractivity contribution in [3.63, 3.8) is 0 Å². The van der Waals surface area contributed by atoms with Crippen molar-refractivity contribution in [1.29, 1.82) is 0 Å². The van der Waals surface area contributed by atoms with Crippen LogP contribution in [0.4, 0.5) is 0 Å². The van der Waals surface area contributed by atoms with Crippen molar-refractivity contribution in [2.45, 2.75) is 6.54 Å². The maximum atomic E-state index is 13.1. The molecule has 0 saturated carbocycles. The van der Waals surface area contributed by atoms with Crippen LogP contribution in [0.5, 0.6) is 17.2 Å². The highest BCUT2D eigenvalue weighted by atomic mass is 32.1. The van der Waals surface area contributed by atoms with Gasteiger partial charge in [0.05, 0.1) is 33.6 Å². The molecule has 0 aliphatic carbocycles. The van der Waals surface area contributed by atoms with Crippen LogP contribution in [0.1, 0.15) is 15.4 Å². The lowest BCUT2D eigenvalue weighted by Gasteiger charge is -2.34. The van der Waals surface area contributed by atoms with Gasteiger partial charge in [-0.05, 0) is 12.1 Å². The molecule has 2 heterocycles. The molecular weight excluding hydrogens is 426 g/mol. The number of rotatable bonds is 7. The predicted octanol–water partition coefficient (Wildman–Crippen LogP) is 3.79. The van der Waals surface area contributed by atoms with Gasteiger partial charge in [-0.3, -0.25) is 9.69 Å². The zero-order valence-corrected chi connectivity index (χ0v) is 19.4. The van der Waals surface area contributed by atoms with E-state index in [2.05, 4.69) is 22.4 Å². The van der Waals surface area contributed by atoms with Crippen LogP contribution in [-0.4, -0.2) is 68.2 Å². The Morgan fingerprint density at radius 2 is 1.62 bits per heavy atom. The Hall–Kier alpha value is -3.10. The molecule has 0 radical (unpaired) electrons. The van der Waals surface area contributed by atoms with Crippen LogP contribution in [0.3, 0.4) is 0 Å². The van der Waals surface area contributed by atoms with Crippen molar-refractivity contribution in [2.24, 2.45) is 0 Å². The summed E-state index contributed by atoms with van der Waals surface area (Å²) in [6, 6.07) is 13.6. The van der Waals surface area contributed by atoms with Crippen LogP contribution >= 0.6 is 11.3 Å². The smallest absolute Gasteiger partial charge is 0.254 e. The second-order valence-electron chi connectivity index (χ2n) is 7.47. The Morgan fingerprint density at radius 3 is 2.22 bits per heavy atom. The summed E-state index contributed by atoms with van der Waals surface area (Å²) in [5, 5.41) is 3.20. The highest BCUT2D eigenvalue weighted by molar-refractivity contribution is 7.09. The summed E-state index contributed by atoms with van der Waals surface area (Å²) in [5.41, 5.74) is 2.68. The SMILES string of the molecule is COc1cc(C(=O)N2CCN(Cc3nc(-c4ccccc4)cs3)CC2)cc(OC)c1OC. The van der Waals surface area contributed by atoms with Gasteiger partial charge in [0.25, 0.3) is 5.91 Å². The molecule has 1 aromatic heterocycles. The normalized spacial score (nSPS) is 14.3. The summed E-state index contributed by atoms with van der Waals surface area (Å²) in [7, 11) is 4.64. The first-order valence-electron chi connectivity index (χ1n) is 10.4. The molecule has 0 N–H and O–H groups in total. The fourth-order valence-electron chi connectivity index (χ4n) is 3.81. The van der Waals surface area contributed by atoms with Crippen molar-refractivity contribution in [3.05, 3.63) is 58.4 Å². The van der Waals surface area contributed by atoms with Gasteiger partial charge in [0.1, 0.15) is 5.01 Å². The number of aromatic nitrogens is 1. The second kappa shape index (κ2) is 10.0. The summed E-state index contributed by atoms with van der Waals surface area (Å²) < 4.78 is 16.1. The minimum Gasteiger partial charge on any atom is -0.493 e. The van der Waals surface area contributed by atoms with E-state index < -0.39 is 0 Å². The highest BCUT2D eigenvalue weighted by Gasteiger charge is 2.25. The zero-order valence-electron chi connectivity index (χ0n) is 18.5. The Balaban J connectivity index is 1.38. The fourth-order valence-corrected chi connectivity index (χ4v) is 4.66. The average Bonchev–Trinajstić information content (AvgIpc) is 3.32. The molecule has 1 aliphatic rings. The maximum Gasteiger partial charge on any atom is 0.254 e. The third-order valence-corrected chi connectivity index (χ3v) is 6.38. The lowest BCUT2D eigenvalue weighted by Crippen LogP contribution is -2.48. The minimum atomic E-state index is -0.0375. The fraction of sp³-hybridized carbons (Fsp3) is 0.333. The maximum absolute atomic E-state index is 13.1. The second-order valence-corrected chi connectivity index (χ2v) is 8.42. The van der Waals surface area contributed by atoms with E-state index in [1.54, 1.807) is 44.8 Å². The molecule has 0 atom stereocenters. The number of thiazole rings is 1. The van der Waals surface area contributed by atoms with E-state index >= 15 is 0 Å². The molecule has 0 bridgehead atoms. The first-order valence-corrected chi connectivity index (χ1v) is 11.3. The number of hydrogen-bond acceptors (Lipinski definition) is 7. The highest BCUT2D eigenvalue weighted by Crippen LogP contribution is 2.38. The molecule has 1 amide bonds. The Labute approximate surface area is 192 Å². The van der Waals surface area contributed by atoms with Gasteiger partial charge in [-0.25, -0.2) is 4.98 Å². The quantitative estimate of drug-likeness (QED) is 0.542. The van der Waals surface area contributed by atoms with E-state index in [1.807, 2.05) is 23.1 Å². The summed E-state index contributed by atoms with van der Waals surface area (Å²) in [6.07, 6.45) is 0. The van der Waals surface area contributed by atoms with Crippen LogP contribution in [-0.2, 0) is 6.54 Å². The molecule has 0 unspecified atom stereocenters. The van der Waals surface area contributed by atoms with Crippen LogP contribution in [0.25, 0.3) is 11.3 Å². The average molecular weight is 454 g/mol. The van der Waals surface area contributed by atoms with Gasteiger partial charge in [0.15, 0.2) is 11.5 Å². The molecule has 1 saturated heterocycles. The summed E-state index contributed by atoms with van der Waals surface area (Å²) in [5.74, 6) is 1.40. The number of piperazine rings is 1. The van der Waals surface area contributed by atoms with Crippen molar-refractivity contribution >= 4 is 17.2 Å². The molecule has 2 aromatic carbocycles. The van der Waals surface area contributed by atoms with E-state index in [1.165, 1.54) is 0 Å². The molecule has 3 aromatic rings. The number of benzene rings is 2. The van der Waals surface area contributed by atoms with Crippen LogP contribution in [0, 0.1) is 0 Å². The molecule has 168 valence electrons. The molecule has 32 heavy (non-hydrogen) atoms. The number of amides is 1. The third-order valence-electron chi connectivity index (χ3n) is 5.55. The molecule has 8 heteroatoms. The number of carbonyl (C=O) groups is 1. The first kappa shape index (κ1) is 22.1. The van der Waals surface area contributed by atoms with E-state index in [0.29, 0.717) is 35.9 Å². The number of nitrogens with zero attached hydrogens (tertiary/aromatic N) is 3. The Morgan fingerprint density at radius 1 is 0.969 bits per heavy atom. The topological polar surface area (TPSA) is 64.1 Å². The van der Waals surface area contributed by atoms with Gasteiger partial charge in [-0.15, -0.1) is 11.3 Å². The standard InChI is InChI=1S/C24H27N3O4S/c1-29-20-13-18(14-21(30-2)23(20)31-3)24(28)27-11-9-26(10-12-27)15-22-25-19(16-32-22)17-7-5-4-6-8-17/h4-8,13-14,16H,9-12,15H2,1-3H3. The summed E-state index contributed by atoms with van der Waals surface area (Å²) in [6.45, 7) is 3.72. The van der Waals surface area contributed by atoms with Crippen molar-refractivity contribution in [1.82, 2.24) is 14.8 Å². The minimum absolute atomic E-state index is 0.0375. The van der Waals surface area contributed by atoms with E-state index in [4.69, 9.17) is 19.2 Å². The van der Waals surface area contributed by atoms with Crippen molar-refractivity contribution in [2.75, 3.05) is 47.5 Å². The largest absolute Gasteiger partial charge is 0.493 e. The molecule has 4 rings (SSSR count). The monoisotopic (exact) mass is 453 g/mol. The molecule has 1 fully saturated rings. The number of ether oxygens (including phenoxy) is 3. The van der Waals surface area contributed by atoms with Crippen LogP contribution in [0.15, 0.2) is 47.8 Å². The summed E-state index contributed by atoms with van der Waals surface area (Å²) in [4.78, 5) is 22.1. The lowest BCUT2D eigenvalue weighted by molar-refractivity contribution is 0.0627. The Bertz CT molecular complexity index is 1040. The molecule has 7 nitrogen and oxygen atoms in total. The van der Waals surface area contributed by atoms with Crippen LogP contribution < -0.4 is 14.2 Å². The van der Waals surface area contributed by atoms with Gasteiger partial charge >= 0.3 is 0 Å². The summed E-state index contributed by atoms with van der Waals surface area (Å²) >= 11 is 1.68. The van der Waals surface area contributed by atoms with Crippen LogP contribution in [0.2, 0.25) is 0 Å². The Kier molecular flexibility index (Phi) is 6.92. The van der Waals surface area contributed by atoms with E-state index in [-0.39, 0.29) is 5.91 Å². The number of hydrogen-bond donors (Lipinski definition) is 0. The predicted molar refractivity (Wildman–Crippen MR) is 125 cm³/mol. The van der Waals surface area contributed by atoms with Gasteiger partial charge in [-0.2, -0.15) is 0 Å². The first-order chi connectivity index (χ1) is 15.6. The van der Waals surface area contributed by atoms with Gasteiger partial charge < -0.3 is 19.1 Å². The van der Waals surface area contributed by atoms with Gasteiger partial charge in [0, 0.05) is 42.7 Å². The number of methoxy groups -OCH3 is 3. The molecular formula is C24H27N3O4S. The van der Waals surface area contributed by atoms with E-state index in [0.717, 1.165) is 35.9 Å². The molecule has 1 aliphatic heterocycles. The lowest BCUT2D eigenvalue weighted by atomic mass is 10.1. The zero-order chi connectivity index (χ0) is 22.5. The van der Waals surface area contributed by atoms with Gasteiger partial charge in [-0.1, -0.05) is 30.3 Å².